The molecular weight excluding hydrogens is 833 g/mol. The zero-order chi connectivity index (χ0) is 43.6. The van der Waals surface area contributed by atoms with E-state index >= 15 is 0 Å². The third kappa shape index (κ3) is 13.3. The summed E-state index contributed by atoms with van der Waals surface area (Å²) >= 11 is 0. The fourth-order valence-electron chi connectivity index (χ4n) is 6.98. The number of hydrogen-bond donors (Lipinski definition) is 4. The number of sulfonamides is 1. The summed E-state index contributed by atoms with van der Waals surface area (Å²) in [5, 5.41) is 0. The maximum absolute atomic E-state index is 13.2. The number of methoxy groups -OCH3 is 2. The highest BCUT2D eigenvalue weighted by Gasteiger charge is 2.44. The van der Waals surface area contributed by atoms with Crippen molar-refractivity contribution in [2.75, 3.05) is 56.9 Å². The second kappa shape index (κ2) is 20.2. The highest BCUT2D eigenvalue weighted by molar-refractivity contribution is 7.89. The van der Waals surface area contributed by atoms with Crippen LogP contribution in [0, 0.1) is 6.92 Å². The van der Waals surface area contributed by atoms with Crippen LogP contribution in [0.4, 0.5) is 5.69 Å². The van der Waals surface area contributed by atoms with Gasteiger partial charge in [0, 0.05) is 49.5 Å². The van der Waals surface area contributed by atoms with Crippen molar-refractivity contribution in [2.45, 2.75) is 67.1 Å². The monoisotopic (exact) mass is 886 g/mol. The highest BCUT2D eigenvalue weighted by Crippen LogP contribution is 2.51. The number of hydrogen-bond acceptors (Lipinski definition) is 11. The lowest BCUT2D eigenvalue weighted by molar-refractivity contribution is 0.204. The molecule has 322 valence electrons. The molecule has 58 heavy (non-hydrogen) atoms. The molecule has 0 spiro atoms. The Morgan fingerprint density at radius 1 is 0.845 bits per heavy atom. The van der Waals surface area contributed by atoms with E-state index in [2.05, 4.69) is 11.3 Å². The van der Waals surface area contributed by atoms with Crippen molar-refractivity contribution in [3.63, 3.8) is 0 Å². The zero-order valence-electron chi connectivity index (χ0n) is 33.3. The maximum Gasteiger partial charge on any atom is 0.294 e. The number of aryl methyl sites for hydroxylation is 1. The van der Waals surface area contributed by atoms with Crippen molar-refractivity contribution in [3.05, 3.63) is 113 Å². The summed E-state index contributed by atoms with van der Waals surface area (Å²) in [6.07, 6.45) is 12.7. The molecule has 4 N–H and O–H groups in total. The summed E-state index contributed by atoms with van der Waals surface area (Å²) in [5.74, 6) is -1.00. The largest absolute Gasteiger partial charge is 0.383 e. The molecule has 0 bridgehead atoms. The van der Waals surface area contributed by atoms with Crippen molar-refractivity contribution in [1.82, 2.24) is 4.72 Å². The molecule has 0 amide bonds. The third-order valence-corrected chi connectivity index (χ3v) is 14.0. The van der Waals surface area contributed by atoms with Gasteiger partial charge in [-0.3, -0.25) is 13.7 Å². The number of allylic oxidation sites excluding steroid dienone is 9. The molecule has 0 saturated heterocycles. The number of nitrogens with one attached hydrogen (secondary N) is 1. The summed E-state index contributed by atoms with van der Waals surface area (Å²) in [6.45, 7) is 10.6. The van der Waals surface area contributed by atoms with Gasteiger partial charge in [0.25, 0.3) is 30.4 Å². The number of nitrogens with zero attached hydrogens (tertiary/aromatic N) is 1. The second-order valence-electron chi connectivity index (χ2n) is 14.3. The van der Waals surface area contributed by atoms with Gasteiger partial charge in [0.2, 0.25) is 10.0 Å². The summed E-state index contributed by atoms with van der Waals surface area (Å²) in [4.78, 5) is 1.69. The smallest absolute Gasteiger partial charge is 0.294 e. The van der Waals surface area contributed by atoms with Gasteiger partial charge < -0.3 is 14.4 Å². The van der Waals surface area contributed by atoms with Crippen molar-refractivity contribution in [3.8, 4) is 0 Å². The summed E-state index contributed by atoms with van der Waals surface area (Å²) in [6, 6.07) is 8.92. The van der Waals surface area contributed by atoms with E-state index in [9.17, 15) is 47.3 Å². The SMILES string of the molecule is C=C(/C=C/C=C/C=C/C=C1/N(CCOC)c2ccc(S(=O)(=O)NCCOC)cc2C1(C)CCCS(=O)(=O)O)C(C)(CCCS(=O)(=O)O)c1cc(S(=O)(=O)O)ccc1C. The van der Waals surface area contributed by atoms with E-state index in [0.717, 1.165) is 11.4 Å². The molecule has 2 aromatic rings. The van der Waals surface area contributed by atoms with Gasteiger partial charge in [-0.05, 0) is 98.2 Å². The number of anilines is 1. The Labute approximate surface area is 343 Å². The van der Waals surface area contributed by atoms with Crippen molar-refractivity contribution in [2.24, 2.45) is 0 Å². The standard InChI is InChI=1S/C39H54N2O13S4/c1-30-16-17-33(58(50,51)52)29-34(30)38(3,20-12-26-55(42,43)44)31(2)14-10-8-7-9-11-15-37-39(4,21-13-27-56(45,46)47)35-28-32(57(48,49)40-22-24-53-5)18-19-36(35)41(37)23-25-54-6/h7-11,14-19,28-29,40H,2,12-13,20-27H2,1,3-6H3,(H,42,43,44)(H,45,46,47)(H,50,51,52)/b8-7+,11-9+,14-10+,37-15+. The molecule has 0 fully saturated rings. The molecule has 2 atom stereocenters. The van der Waals surface area contributed by atoms with E-state index in [-0.39, 0.29) is 48.6 Å². The predicted octanol–water partition coefficient (Wildman–Crippen LogP) is 5.29. The summed E-state index contributed by atoms with van der Waals surface area (Å²) in [5.41, 5.74) is 1.92. The first-order valence-corrected chi connectivity index (χ1v) is 24.3. The Bertz CT molecular complexity index is 2370. The van der Waals surface area contributed by atoms with Gasteiger partial charge in [-0.15, -0.1) is 0 Å². The van der Waals surface area contributed by atoms with Gasteiger partial charge in [0.05, 0.1) is 34.5 Å². The minimum atomic E-state index is -4.54. The van der Waals surface area contributed by atoms with Crippen LogP contribution in [-0.2, 0) is 60.7 Å². The first-order valence-electron chi connectivity index (χ1n) is 18.2. The summed E-state index contributed by atoms with van der Waals surface area (Å²) in [7, 11) is -14.0. The van der Waals surface area contributed by atoms with Crippen LogP contribution in [-0.4, -0.2) is 99.4 Å². The van der Waals surface area contributed by atoms with Crippen LogP contribution in [0.15, 0.2) is 107 Å². The van der Waals surface area contributed by atoms with E-state index in [1.54, 1.807) is 69.5 Å². The summed E-state index contributed by atoms with van der Waals surface area (Å²) < 4.78 is 138. The first kappa shape index (κ1) is 48.9. The molecule has 3 rings (SSSR count). The average molecular weight is 887 g/mol. The first-order chi connectivity index (χ1) is 26.9. The van der Waals surface area contributed by atoms with E-state index < -0.39 is 62.7 Å². The van der Waals surface area contributed by atoms with Crippen LogP contribution in [0.25, 0.3) is 0 Å². The average Bonchev–Trinajstić information content (AvgIpc) is 3.34. The minimum Gasteiger partial charge on any atom is -0.383 e. The topological polar surface area (TPSA) is 231 Å². The van der Waals surface area contributed by atoms with Gasteiger partial charge in [0.1, 0.15) is 0 Å². The van der Waals surface area contributed by atoms with Crippen LogP contribution in [0.3, 0.4) is 0 Å². The van der Waals surface area contributed by atoms with E-state index in [1.807, 2.05) is 17.9 Å². The normalized spacial score (nSPS) is 18.5. The van der Waals surface area contributed by atoms with Crippen LogP contribution < -0.4 is 9.62 Å². The number of fused-ring (bicyclic) bond motifs is 1. The van der Waals surface area contributed by atoms with Gasteiger partial charge in [-0.2, -0.15) is 25.3 Å². The minimum absolute atomic E-state index is 0.0268. The quantitative estimate of drug-likeness (QED) is 0.0631. The van der Waals surface area contributed by atoms with E-state index in [0.29, 0.717) is 35.4 Å². The maximum atomic E-state index is 13.2. The molecule has 19 heteroatoms. The van der Waals surface area contributed by atoms with E-state index in [4.69, 9.17) is 9.47 Å². The highest BCUT2D eigenvalue weighted by atomic mass is 32.2. The molecule has 15 nitrogen and oxygen atoms in total. The van der Waals surface area contributed by atoms with Crippen LogP contribution in [0.2, 0.25) is 0 Å². The predicted molar refractivity (Wildman–Crippen MR) is 224 cm³/mol. The van der Waals surface area contributed by atoms with Gasteiger partial charge in [0.15, 0.2) is 0 Å². The molecule has 1 aliphatic rings. The Morgan fingerprint density at radius 3 is 2.07 bits per heavy atom. The Morgan fingerprint density at radius 2 is 1.45 bits per heavy atom. The molecule has 0 aromatic heterocycles. The fourth-order valence-corrected chi connectivity index (χ4v) is 9.55. The third-order valence-electron chi connectivity index (χ3n) is 10.1. The van der Waals surface area contributed by atoms with Crippen molar-refractivity contribution < 1.29 is 56.8 Å². The number of rotatable bonds is 23. The Balaban J connectivity index is 1.99. The van der Waals surface area contributed by atoms with Gasteiger partial charge >= 0.3 is 0 Å². The van der Waals surface area contributed by atoms with Crippen LogP contribution >= 0.6 is 0 Å². The molecule has 2 aromatic carbocycles. The lowest BCUT2D eigenvalue weighted by Crippen LogP contribution is -2.31. The van der Waals surface area contributed by atoms with Crippen molar-refractivity contribution >= 4 is 46.1 Å². The van der Waals surface area contributed by atoms with Crippen LogP contribution in [0.5, 0.6) is 0 Å². The molecule has 2 unspecified atom stereocenters. The zero-order valence-corrected chi connectivity index (χ0v) is 36.6. The van der Waals surface area contributed by atoms with E-state index in [1.165, 1.54) is 31.4 Å². The Kier molecular flexibility index (Phi) is 17.0. The molecular formula is C39H54N2O13S4. The number of ether oxygens (including phenoxy) is 2. The van der Waals surface area contributed by atoms with Crippen LogP contribution in [0.1, 0.15) is 56.2 Å². The Hall–Kier alpha value is -3.50. The molecule has 1 heterocycles. The second-order valence-corrected chi connectivity index (χ2v) is 20.6. The lowest BCUT2D eigenvalue weighted by Gasteiger charge is -2.33. The molecule has 0 saturated carbocycles. The van der Waals surface area contributed by atoms with Gasteiger partial charge in [-0.1, -0.05) is 56.0 Å². The molecule has 0 aliphatic carbocycles. The number of benzene rings is 2. The lowest BCUT2D eigenvalue weighted by atomic mass is 9.71. The van der Waals surface area contributed by atoms with Gasteiger partial charge in [-0.25, -0.2) is 13.1 Å². The molecule has 1 aliphatic heterocycles. The fraction of sp³-hybridized carbons (Fsp3) is 0.436. The molecule has 0 radical (unpaired) electrons. The van der Waals surface area contributed by atoms with Crippen molar-refractivity contribution in [1.29, 1.82) is 0 Å².